The minimum absolute atomic E-state index is 0.210. The van der Waals surface area contributed by atoms with Gasteiger partial charge in [-0.2, -0.15) is 0 Å². The molecule has 1 aromatic carbocycles. The number of aromatic nitrogens is 3. The van der Waals surface area contributed by atoms with Crippen LogP contribution in [0.5, 0.6) is 11.5 Å². The Kier molecular flexibility index (Phi) is 6.40. The van der Waals surface area contributed by atoms with Crippen LogP contribution in [0.4, 0.5) is 0 Å². The van der Waals surface area contributed by atoms with E-state index in [0.29, 0.717) is 19.7 Å². The average molecular weight is 413 g/mol. The van der Waals surface area contributed by atoms with E-state index in [1.165, 1.54) is 18.4 Å². The minimum Gasteiger partial charge on any atom is -0.494 e. The van der Waals surface area contributed by atoms with Crippen LogP contribution in [-0.2, 0) is 32.5 Å². The van der Waals surface area contributed by atoms with Gasteiger partial charge in [-0.15, -0.1) is 10.2 Å². The fourth-order valence-electron chi connectivity index (χ4n) is 4.06. The molecule has 2 aliphatic rings. The van der Waals surface area contributed by atoms with Crippen LogP contribution in [0, 0.1) is 0 Å². The zero-order valence-corrected chi connectivity index (χ0v) is 18.2. The summed E-state index contributed by atoms with van der Waals surface area (Å²) in [5, 5.41) is 15.4. The first-order chi connectivity index (χ1) is 14.7. The number of benzene rings is 1. The maximum Gasteiger partial charge on any atom is 0.191 e. The molecule has 0 aliphatic carbocycles. The first kappa shape index (κ1) is 20.5. The Morgan fingerprint density at radius 3 is 3.00 bits per heavy atom. The monoisotopic (exact) mass is 412 g/mol. The first-order valence-electron chi connectivity index (χ1n) is 11.1. The van der Waals surface area contributed by atoms with Gasteiger partial charge in [-0.25, -0.2) is 4.99 Å². The van der Waals surface area contributed by atoms with E-state index in [0.717, 1.165) is 60.6 Å². The summed E-state index contributed by atoms with van der Waals surface area (Å²) in [7, 11) is 0. The Morgan fingerprint density at radius 2 is 2.17 bits per heavy atom. The zero-order valence-electron chi connectivity index (χ0n) is 18.2. The predicted octanol–water partition coefficient (Wildman–Crippen LogP) is 2.59. The van der Waals surface area contributed by atoms with Crippen molar-refractivity contribution in [2.24, 2.45) is 4.99 Å². The largest absolute Gasteiger partial charge is 0.494 e. The minimum atomic E-state index is 0.210. The quantitative estimate of drug-likeness (QED) is 0.537. The van der Waals surface area contributed by atoms with Crippen LogP contribution in [0.2, 0.25) is 0 Å². The van der Waals surface area contributed by atoms with Gasteiger partial charge in [0.05, 0.1) is 19.7 Å². The maximum absolute atomic E-state index is 5.93. The molecule has 0 spiro atoms. The summed E-state index contributed by atoms with van der Waals surface area (Å²) in [4.78, 5) is 4.78. The van der Waals surface area contributed by atoms with Crippen molar-refractivity contribution in [3.63, 3.8) is 0 Å². The van der Waals surface area contributed by atoms with Crippen molar-refractivity contribution in [1.29, 1.82) is 0 Å². The van der Waals surface area contributed by atoms with Crippen LogP contribution in [0.25, 0.3) is 0 Å². The normalized spacial score (nSPS) is 17.8. The van der Waals surface area contributed by atoms with E-state index in [1.54, 1.807) is 0 Å². The van der Waals surface area contributed by atoms with E-state index >= 15 is 0 Å². The SMILES string of the molecule is CCNC(=NCc1cc2c(cc1OCC)CC(C)O2)NCc1nnc2n1CCCC2. The second-order valence-corrected chi connectivity index (χ2v) is 7.82. The Bertz CT molecular complexity index is 907. The van der Waals surface area contributed by atoms with Crippen LogP contribution in [0.1, 0.15) is 56.4 Å². The van der Waals surface area contributed by atoms with Crippen molar-refractivity contribution in [3.05, 3.63) is 34.9 Å². The molecule has 0 saturated heterocycles. The van der Waals surface area contributed by atoms with Gasteiger partial charge >= 0.3 is 0 Å². The summed E-state index contributed by atoms with van der Waals surface area (Å²) in [6, 6.07) is 4.18. The Labute approximate surface area is 178 Å². The van der Waals surface area contributed by atoms with Crippen molar-refractivity contribution in [1.82, 2.24) is 25.4 Å². The summed E-state index contributed by atoms with van der Waals surface area (Å²) >= 11 is 0. The topological polar surface area (TPSA) is 85.6 Å². The molecule has 0 fully saturated rings. The third kappa shape index (κ3) is 4.52. The summed E-state index contributed by atoms with van der Waals surface area (Å²) in [5.41, 5.74) is 2.24. The summed E-state index contributed by atoms with van der Waals surface area (Å²) in [6.07, 6.45) is 4.53. The molecule has 8 nitrogen and oxygen atoms in total. The Balaban J connectivity index is 1.47. The molecule has 2 aliphatic heterocycles. The maximum atomic E-state index is 5.93. The van der Waals surface area contributed by atoms with Gasteiger partial charge in [0.25, 0.3) is 0 Å². The van der Waals surface area contributed by atoms with Crippen LogP contribution in [0.3, 0.4) is 0 Å². The van der Waals surface area contributed by atoms with Crippen molar-refractivity contribution in [2.75, 3.05) is 13.2 Å². The van der Waals surface area contributed by atoms with Gasteiger partial charge in [-0.1, -0.05) is 0 Å². The number of nitrogens with zero attached hydrogens (tertiary/aromatic N) is 4. The fraction of sp³-hybridized carbons (Fsp3) is 0.591. The molecular weight excluding hydrogens is 380 g/mol. The highest BCUT2D eigenvalue weighted by Gasteiger charge is 2.22. The molecule has 0 amide bonds. The van der Waals surface area contributed by atoms with Crippen LogP contribution >= 0.6 is 0 Å². The molecule has 8 heteroatoms. The molecule has 30 heavy (non-hydrogen) atoms. The standard InChI is InChI=1S/C22H32N6O2/c1-4-23-22(25-14-21-27-26-20-8-6-7-9-28(20)21)24-13-17-12-19-16(10-15(3)30-19)11-18(17)29-5-2/h11-12,15H,4-10,13-14H2,1-3H3,(H2,23,24,25). The number of hydrogen-bond acceptors (Lipinski definition) is 5. The van der Waals surface area contributed by atoms with E-state index in [9.17, 15) is 0 Å². The average Bonchev–Trinajstić information content (AvgIpc) is 3.32. The molecule has 3 heterocycles. The van der Waals surface area contributed by atoms with E-state index in [-0.39, 0.29) is 6.10 Å². The van der Waals surface area contributed by atoms with Crippen LogP contribution < -0.4 is 20.1 Å². The Hall–Kier alpha value is -2.77. The van der Waals surface area contributed by atoms with Crippen LogP contribution in [-0.4, -0.2) is 40.0 Å². The molecule has 1 atom stereocenters. The fourth-order valence-corrected chi connectivity index (χ4v) is 4.06. The van der Waals surface area contributed by atoms with Gasteiger partial charge in [-0.3, -0.25) is 0 Å². The van der Waals surface area contributed by atoms with Gasteiger partial charge in [0.2, 0.25) is 0 Å². The number of nitrogens with one attached hydrogen (secondary N) is 2. The molecular formula is C22H32N6O2. The van der Waals surface area contributed by atoms with Crippen molar-refractivity contribution >= 4 is 5.96 Å². The second-order valence-electron chi connectivity index (χ2n) is 7.82. The summed E-state index contributed by atoms with van der Waals surface area (Å²) < 4.78 is 14.0. The lowest BCUT2D eigenvalue weighted by atomic mass is 10.1. The van der Waals surface area contributed by atoms with Gasteiger partial charge in [0, 0.05) is 37.1 Å². The highest BCUT2D eigenvalue weighted by molar-refractivity contribution is 5.79. The lowest BCUT2D eigenvalue weighted by Gasteiger charge is -2.16. The highest BCUT2D eigenvalue weighted by atomic mass is 16.5. The molecule has 2 aromatic rings. The molecule has 0 bridgehead atoms. The van der Waals surface area contributed by atoms with E-state index in [2.05, 4.69) is 51.4 Å². The molecule has 0 radical (unpaired) electrons. The number of fused-ring (bicyclic) bond motifs is 2. The summed E-state index contributed by atoms with van der Waals surface area (Å²) in [5.74, 6) is 4.64. The second kappa shape index (κ2) is 9.36. The molecule has 162 valence electrons. The van der Waals surface area contributed by atoms with Crippen molar-refractivity contribution < 1.29 is 9.47 Å². The number of aryl methyl sites for hydroxylation is 1. The number of ether oxygens (including phenoxy) is 2. The van der Waals surface area contributed by atoms with E-state index in [4.69, 9.17) is 14.5 Å². The third-order valence-electron chi connectivity index (χ3n) is 5.48. The molecule has 0 saturated carbocycles. The number of hydrogen-bond donors (Lipinski definition) is 2. The molecule has 2 N–H and O–H groups in total. The molecule has 1 aromatic heterocycles. The van der Waals surface area contributed by atoms with Gasteiger partial charge in [0.1, 0.15) is 23.4 Å². The lowest BCUT2D eigenvalue weighted by molar-refractivity contribution is 0.254. The summed E-state index contributed by atoms with van der Waals surface area (Å²) in [6.45, 7) is 9.67. The molecule has 4 rings (SSSR count). The van der Waals surface area contributed by atoms with Gasteiger partial charge in [-0.05, 0) is 45.7 Å². The first-order valence-corrected chi connectivity index (χ1v) is 11.1. The van der Waals surface area contributed by atoms with E-state index < -0.39 is 0 Å². The number of aliphatic imine (C=N–C) groups is 1. The predicted molar refractivity (Wildman–Crippen MR) is 116 cm³/mol. The Morgan fingerprint density at radius 1 is 1.27 bits per heavy atom. The van der Waals surface area contributed by atoms with Gasteiger partial charge in [0.15, 0.2) is 11.8 Å². The highest BCUT2D eigenvalue weighted by Crippen LogP contribution is 2.35. The lowest BCUT2D eigenvalue weighted by Crippen LogP contribution is -2.37. The number of guanidine groups is 1. The van der Waals surface area contributed by atoms with Crippen molar-refractivity contribution in [3.8, 4) is 11.5 Å². The van der Waals surface area contributed by atoms with Gasteiger partial charge < -0.3 is 24.7 Å². The number of rotatable bonds is 7. The smallest absolute Gasteiger partial charge is 0.191 e. The zero-order chi connectivity index (χ0) is 20.9. The van der Waals surface area contributed by atoms with Crippen molar-refractivity contribution in [2.45, 2.75) is 72.2 Å². The molecule has 1 unspecified atom stereocenters. The van der Waals surface area contributed by atoms with E-state index in [1.807, 2.05) is 6.92 Å². The van der Waals surface area contributed by atoms with Crippen LogP contribution in [0.15, 0.2) is 17.1 Å². The third-order valence-corrected chi connectivity index (χ3v) is 5.48.